The maximum Gasteiger partial charge on any atom is 0.0589 e. The molecule has 0 aliphatic carbocycles. The fourth-order valence-corrected chi connectivity index (χ4v) is 3.18. The molecule has 0 spiro atoms. The Hall–Kier alpha value is 0.0600. The molecule has 0 aromatic heterocycles. The van der Waals surface area contributed by atoms with Crippen molar-refractivity contribution in [2.24, 2.45) is 0 Å². The van der Waals surface area contributed by atoms with E-state index in [1.54, 1.807) is 7.11 Å². The van der Waals surface area contributed by atoms with Gasteiger partial charge in [-0.05, 0) is 31.7 Å². The second-order valence-electron chi connectivity index (χ2n) is 4.64. The van der Waals surface area contributed by atoms with E-state index in [1.165, 1.54) is 5.56 Å². The van der Waals surface area contributed by atoms with E-state index in [0.717, 1.165) is 35.2 Å². The third-order valence-electron chi connectivity index (χ3n) is 3.05. The molecule has 0 aliphatic heterocycles. The second kappa shape index (κ2) is 9.08. The van der Waals surface area contributed by atoms with Gasteiger partial charge in [0.05, 0.1) is 6.61 Å². The number of nitrogens with zero attached hydrogens (tertiary/aromatic N) is 1. The number of halogens is 2. The normalized spacial score (nSPS) is 12.9. The standard InChI is InChI=1S/C14H22Br2N2O/c1-11(13-5-4-12(15)10-14(13)16)17-6-7-18(2)8-9-19-3/h4-5,10-11,17H,6-9H2,1-3H3. The molecule has 0 aliphatic rings. The topological polar surface area (TPSA) is 24.5 Å². The molecule has 1 unspecified atom stereocenters. The largest absolute Gasteiger partial charge is 0.383 e. The molecule has 108 valence electrons. The Morgan fingerprint density at radius 2 is 2.05 bits per heavy atom. The van der Waals surface area contributed by atoms with E-state index >= 15 is 0 Å². The fraction of sp³-hybridized carbons (Fsp3) is 0.571. The van der Waals surface area contributed by atoms with Gasteiger partial charge in [-0.3, -0.25) is 0 Å². The number of hydrogen-bond acceptors (Lipinski definition) is 3. The van der Waals surface area contributed by atoms with Gasteiger partial charge in [0, 0.05) is 41.7 Å². The fourth-order valence-electron chi connectivity index (χ4n) is 1.79. The Balaban J connectivity index is 2.36. The molecule has 0 saturated heterocycles. The average Bonchev–Trinajstić information content (AvgIpc) is 2.36. The van der Waals surface area contributed by atoms with Crippen molar-refractivity contribution in [1.82, 2.24) is 10.2 Å². The number of nitrogens with one attached hydrogen (secondary N) is 1. The van der Waals surface area contributed by atoms with Crippen LogP contribution in [0.25, 0.3) is 0 Å². The first-order valence-corrected chi connectivity index (χ1v) is 7.99. The minimum Gasteiger partial charge on any atom is -0.383 e. The molecule has 0 fully saturated rings. The summed E-state index contributed by atoms with van der Waals surface area (Å²) in [5, 5.41) is 3.54. The quantitative estimate of drug-likeness (QED) is 0.732. The Labute approximate surface area is 133 Å². The van der Waals surface area contributed by atoms with Crippen LogP contribution in [0, 0.1) is 0 Å². The van der Waals surface area contributed by atoms with Crippen LogP contribution in [0.15, 0.2) is 27.1 Å². The van der Waals surface area contributed by atoms with Gasteiger partial charge in [-0.15, -0.1) is 0 Å². The first-order chi connectivity index (χ1) is 9.04. The predicted octanol–water partition coefficient (Wildman–Crippen LogP) is 3.44. The second-order valence-corrected chi connectivity index (χ2v) is 6.41. The number of rotatable bonds is 8. The van der Waals surface area contributed by atoms with Gasteiger partial charge >= 0.3 is 0 Å². The molecular formula is C14H22Br2N2O. The van der Waals surface area contributed by atoms with E-state index in [4.69, 9.17) is 4.74 Å². The summed E-state index contributed by atoms with van der Waals surface area (Å²) in [6.07, 6.45) is 0. The van der Waals surface area contributed by atoms with Crippen molar-refractivity contribution >= 4 is 31.9 Å². The number of hydrogen-bond donors (Lipinski definition) is 1. The smallest absolute Gasteiger partial charge is 0.0589 e. The predicted molar refractivity (Wildman–Crippen MR) is 87.6 cm³/mol. The molecule has 3 nitrogen and oxygen atoms in total. The zero-order valence-corrected chi connectivity index (χ0v) is 14.9. The molecule has 0 bridgehead atoms. The summed E-state index contributed by atoms with van der Waals surface area (Å²) in [5.41, 5.74) is 1.28. The first-order valence-electron chi connectivity index (χ1n) is 6.40. The first kappa shape index (κ1) is 17.1. The van der Waals surface area contributed by atoms with E-state index in [-0.39, 0.29) is 0 Å². The van der Waals surface area contributed by atoms with Gasteiger partial charge in [-0.2, -0.15) is 0 Å². The van der Waals surface area contributed by atoms with Gasteiger partial charge in [0.25, 0.3) is 0 Å². The average molecular weight is 394 g/mol. The van der Waals surface area contributed by atoms with Crippen LogP contribution < -0.4 is 5.32 Å². The molecule has 0 radical (unpaired) electrons. The van der Waals surface area contributed by atoms with Crippen molar-refractivity contribution in [3.63, 3.8) is 0 Å². The molecule has 1 rings (SSSR count). The summed E-state index contributed by atoms with van der Waals surface area (Å²) in [5.74, 6) is 0. The molecule has 0 saturated carbocycles. The van der Waals surface area contributed by atoms with Crippen LogP contribution in [0.5, 0.6) is 0 Å². The molecular weight excluding hydrogens is 372 g/mol. The molecule has 1 aromatic rings. The summed E-state index contributed by atoms with van der Waals surface area (Å²) in [4.78, 5) is 2.26. The van der Waals surface area contributed by atoms with Crippen molar-refractivity contribution in [2.45, 2.75) is 13.0 Å². The monoisotopic (exact) mass is 392 g/mol. The molecule has 19 heavy (non-hydrogen) atoms. The van der Waals surface area contributed by atoms with Gasteiger partial charge in [0.15, 0.2) is 0 Å². The highest BCUT2D eigenvalue weighted by Crippen LogP contribution is 2.26. The highest BCUT2D eigenvalue weighted by Gasteiger charge is 2.09. The maximum absolute atomic E-state index is 5.06. The molecule has 0 heterocycles. The zero-order chi connectivity index (χ0) is 14.3. The number of benzene rings is 1. The summed E-state index contributed by atoms with van der Waals surface area (Å²) in [7, 11) is 3.85. The van der Waals surface area contributed by atoms with Gasteiger partial charge in [0.2, 0.25) is 0 Å². The Morgan fingerprint density at radius 1 is 1.32 bits per heavy atom. The summed E-state index contributed by atoms with van der Waals surface area (Å²) >= 11 is 7.08. The van der Waals surface area contributed by atoms with Crippen LogP contribution in [-0.2, 0) is 4.74 Å². The number of ether oxygens (including phenoxy) is 1. The number of methoxy groups -OCH3 is 1. The summed E-state index contributed by atoms with van der Waals surface area (Å²) in [6.45, 7) is 5.91. The van der Waals surface area contributed by atoms with Crippen molar-refractivity contribution in [1.29, 1.82) is 0 Å². The lowest BCUT2D eigenvalue weighted by atomic mass is 10.1. The third kappa shape index (κ3) is 6.36. The molecule has 5 heteroatoms. The van der Waals surface area contributed by atoms with E-state index in [2.05, 4.69) is 74.2 Å². The van der Waals surface area contributed by atoms with Crippen LogP contribution in [-0.4, -0.2) is 45.3 Å². The SMILES string of the molecule is COCCN(C)CCNC(C)c1ccc(Br)cc1Br. The summed E-state index contributed by atoms with van der Waals surface area (Å²) in [6, 6.07) is 6.63. The van der Waals surface area contributed by atoms with Gasteiger partial charge < -0.3 is 15.0 Å². The van der Waals surface area contributed by atoms with E-state index in [9.17, 15) is 0 Å². The van der Waals surface area contributed by atoms with Crippen molar-refractivity contribution in [2.75, 3.05) is 40.4 Å². The molecule has 0 amide bonds. The highest BCUT2D eigenvalue weighted by molar-refractivity contribution is 9.11. The lowest BCUT2D eigenvalue weighted by molar-refractivity contribution is 0.161. The van der Waals surface area contributed by atoms with Crippen LogP contribution in [0.3, 0.4) is 0 Å². The zero-order valence-electron chi connectivity index (χ0n) is 11.7. The van der Waals surface area contributed by atoms with E-state index in [1.807, 2.05) is 0 Å². The van der Waals surface area contributed by atoms with Crippen molar-refractivity contribution < 1.29 is 4.74 Å². The minimum atomic E-state index is 0.332. The molecule has 1 N–H and O–H groups in total. The minimum absolute atomic E-state index is 0.332. The van der Waals surface area contributed by atoms with Crippen LogP contribution in [0.4, 0.5) is 0 Å². The number of likely N-dealkylation sites (N-methyl/N-ethyl adjacent to an activating group) is 1. The molecule has 1 atom stereocenters. The van der Waals surface area contributed by atoms with Crippen molar-refractivity contribution in [3.05, 3.63) is 32.7 Å². The van der Waals surface area contributed by atoms with Gasteiger partial charge in [-0.1, -0.05) is 37.9 Å². The third-order valence-corrected chi connectivity index (χ3v) is 4.23. The lowest BCUT2D eigenvalue weighted by Gasteiger charge is -2.20. The maximum atomic E-state index is 5.06. The van der Waals surface area contributed by atoms with E-state index < -0.39 is 0 Å². The van der Waals surface area contributed by atoms with Crippen LogP contribution in [0.1, 0.15) is 18.5 Å². The lowest BCUT2D eigenvalue weighted by Crippen LogP contribution is -2.32. The van der Waals surface area contributed by atoms with Crippen molar-refractivity contribution in [3.8, 4) is 0 Å². The van der Waals surface area contributed by atoms with Gasteiger partial charge in [-0.25, -0.2) is 0 Å². The Kier molecular flexibility index (Phi) is 8.18. The summed E-state index contributed by atoms with van der Waals surface area (Å²) < 4.78 is 7.29. The highest BCUT2D eigenvalue weighted by atomic mass is 79.9. The van der Waals surface area contributed by atoms with Gasteiger partial charge in [0.1, 0.15) is 0 Å². The Morgan fingerprint density at radius 3 is 2.68 bits per heavy atom. The van der Waals surface area contributed by atoms with Crippen LogP contribution in [0.2, 0.25) is 0 Å². The Bertz CT molecular complexity index is 388. The molecule has 1 aromatic carbocycles. The van der Waals surface area contributed by atoms with E-state index in [0.29, 0.717) is 6.04 Å². The van der Waals surface area contributed by atoms with Crippen LogP contribution >= 0.6 is 31.9 Å².